The van der Waals surface area contributed by atoms with Crippen LogP contribution in [-0.4, -0.2) is 169 Å². The Morgan fingerprint density at radius 2 is 0.929 bits per heavy atom. The second-order valence-corrected chi connectivity index (χ2v) is 52.2. The molecule has 0 amide bonds. The molecule has 0 spiro atoms. The van der Waals surface area contributed by atoms with E-state index in [4.69, 9.17) is 48.5 Å². The normalized spacial score (nSPS) is 19.8. The number of halogens is 1. The van der Waals surface area contributed by atoms with Gasteiger partial charge in [-0.25, -0.2) is 9.97 Å². The first-order valence-corrected chi connectivity index (χ1v) is 46.7. The number of aliphatic hydroxyl groups is 2. The average Bonchev–Trinajstić information content (AvgIpc) is 1.97. The molecule has 0 saturated heterocycles. The summed E-state index contributed by atoms with van der Waals surface area (Å²) in [5, 5.41) is 29.6. The maximum Gasteiger partial charge on any atom is 0.171 e. The van der Waals surface area contributed by atoms with Gasteiger partial charge in [0.05, 0.1) is 46.1 Å². The molecule has 85 heavy (non-hydrogen) atoms. The van der Waals surface area contributed by atoms with Crippen LogP contribution in [0.5, 0.6) is 0 Å². The molecule has 8 rings (SSSR count). The molecule has 22 heteroatoms. The molecule has 5 aromatic heterocycles. The second kappa shape index (κ2) is 30.8. The average molecular weight is 1350 g/mol. The molecule has 6 aromatic rings. The number of hydrogen-bond donors (Lipinski definition) is 2. The van der Waals surface area contributed by atoms with Crippen molar-refractivity contribution in [2.24, 2.45) is 0 Å². The summed E-state index contributed by atoms with van der Waals surface area (Å²) in [6.07, 6.45) is 12.5. The van der Waals surface area contributed by atoms with E-state index < -0.39 is 43.5 Å². The SMILES string of the molecule is COC1(CO)CCC(c2cc(N(COCC[Si](C)(C)C)COCC[Si](C)(C)C)n3ncc(-c4ccc(-c5ccccc5)nc4)c3n2)CC1.COC1(CO)CCC(c2cc(N(COCC[Si](C)(C)C)COCC[Si](C)(C)C)n3ncc(I)c3n2)CC1. The van der Waals surface area contributed by atoms with Crippen molar-refractivity contribution in [3.05, 3.63) is 88.1 Å². The van der Waals surface area contributed by atoms with Gasteiger partial charge in [0.25, 0.3) is 0 Å². The van der Waals surface area contributed by atoms with Gasteiger partial charge in [0.2, 0.25) is 0 Å². The number of fused-ring (bicyclic) bond motifs is 2. The Morgan fingerprint density at radius 3 is 1.31 bits per heavy atom. The number of anilines is 2. The number of methoxy groups -OCH3 is 2. The summed E-state index contributed by atoms with van der Waals surface area (Å²) in [6, 6.07) is 23.2. The Labute approximate surface area is 525 Å². The largest absolute Gasteiger partial charge is 0.393 e. The molecule has 0 atom stereocenters. The van der Waals surface area contributed by atoms with E-state index in [1.54, 1.807) is 14.2 Å². The second-order valence-electron chi connectivity index (χ2n) is 28.5. The number of pyridine rings is 1. The molecule has 2 aliphatic carbocycles. The fourth-order valence-corrected chi connectivity index (χ4v) is 14.1. The van der Waals surface area contributed by atoms with E-state index in [0.29, 0.717) is 32.8 Å². The van der Waals surface area contributed by atoms with Crippen LogP contribution >= 0.6 is 22.6 Å². The van der Waals surface area contributed by atoms with Crippen molar-refractivity contribution in [3.8, 4) is 22.4 Å². The summed E-state index contributed by atoms with van der Waals surface area (Å²) in [5.41, 5.74) is 6.75. The molecular weight excluding hydrogens is 1250 g/mol. The summed E-state index contributed by atoms with van der Waals surface area (Å²) in [7, 11) is -1.44. The van der Waals surface area contributed by atoms with Crippen LogP contribution in [-0.2, 0) is 28.4 Å². The molecule has 1 aromatic carbocycles. The number of hydrogen-bond acceptors (Lipinski definition) is 15. The van der Waals surface area contributed by atoms with Gasteiger partial charge in [0, 0.05) is 131 Å². The minimum Gasteiger partial charge on any atom is -0.393 e. The number of aliphatic hydroxyl groups excluding tert-OH is 2. The minimum absolute atomic E-state index is 0.0317. The summed E-state index contributed by atoms with van der Waals surface area (Å²) in [6.45, 7) is 33.2. The zero-order valence-corrected chi connectivity index (χ0v) is 60.0. The van der Waals surface area contributed by atoms with Gasteiger partial charge < -0.3 is 48.4 Å². The third-order valence-corrected chi connectivity index (χ3v) is 24.3. The predicted molar refractivity (Wildman–Crippen MR) is 364 cm³/mol. The topological polar surface area (TPSA) is 176 Å². The van der Waals surface area contributed by atoms with Gasteiger partial charge in [-0.2, -0.15) is 19.2 Å². The highest BCUT2D eigenvalue weighted by molar-refractivity contribution is 14.1. The Bertz CT molecular complexity index is 2930. The number of rotatable bonds is 30. The fourth-order valence-electron chi connectivity index (χ4n) is 10.6. The third-order valence-electron chi connectivity index (χ3n) is 16.7. The van der Waals surface area contributed by atoms with Gasteiger partial charge in [-0.1, -0.05) is 115 Å². The molecule has 5 heterocycles. The quantitative estimate of drug-likeness (QED) is 0.0188. The predicted octanol–water partition coefficient (Wildman–Crippen LogP) is 13.7. The van der Waals surface area contributed by atoms with E-state index in [1.807, 2.05) is 45.8 Å². The van der Waals surface area contributed by atoms with Crippen molar-refractivity contribution in [2.75, 3.05) is 90.6 Å². The van der Waals surface area contributed by atoms with Crippen LogP contribution in [0, 0.1) is 3.57 Å². The Kier molecular flexibility index (Phi) is 25.0. The molecule has 0 bridgehead atoms. The molecular formula is C63H102IN9O8Si4. The van der Waals surface area contributed by atoms with Crippen molar-refractivity contribution in [1.29, 1.82) is 0 Å². The van der Waals surface area contributed by atoms with Gasteiger partial charge >= 0.3 is 0 Å². The highest BCUT2D eigenvalue weighted by Crippen LogP contribution is 2.42. The van der Waals surface area contributed by atoms with Crippen LogP contribution in [0.3, 0.4) is 0 Å². The lowest BCUT2D eigenvalue weighted by atomic mass is 9.77. The number of aromatic nitrogens is 7. The number of ether oxygens (including phenoxy) is 6. The van der Waals surface area contributed by atoms with Gasteiger partial charge in [-0.3, -0.25) is 4.98 Å². The summed E-state index contributed by atoms with van der Waals surface area (Å²) >= 11 is 2.31. The van der Waals surface area contributed by atoms with Crippen LogP contribution < -0.4 is 9.80 Å². The fraction of sp³-hybridized carbons (Fsp3) is 0.635. The van der Waals surface area contributed by atoms with Crippen LogP contribution in [0.1, 0.15) is 74.6 Å². The van der Waals surface area contributed by atoms with Gasteiger partial charge in [0.1, 0.15) is 38.6 Å². The van der Waals surface area contributed by atoms with E-state index in [9.17, 15) is 10.2 Å². The maximum absolute atomic E-state index is 10.1. The van der Waals surface area contributed by atoms with E-state index in [0.717, 1.165) is 162 Å². The van der Waals surface area contributed by atoms with Gasteiger partial charge in [0.15, 0.2) is 11.3 Å². The van der Waals surface area contributed by atoms with Crippen molar-refractivity contribution in [3.63, 3.8) is 0 Å². The lowest BCUT2D eigenvalue weighted by Crippen LogP contribution is -2.39. The molecule has 2 saturated carbocycles. The Morgan fingerprint density at radius 1 is 0.529 bits per heavy atom. The minimum atomic E-state index is -1.25. The highest BCUT2D eigenvalue weighted by Gasteiger charge is 2.38. The van der Waals surface area contributed by atoms with Gasteiger partial charge in [-0.15, -0.1) is 0 Å². The highest BCUT2D eigenvalue weighted by atomic mass is 127. The molecule has 2 fully saturated rings. The molecule has 0 unspecified atom stereocenters. The standard InChI is InChI=1S/C37H55N5O4Si2.C26H47IN4O4Si2/c1-44-37(26-43)17-15-30(16-18-37)34-23-35(41(27-45-19-21-47(2,3)4)28-46-20-22-48(5,6)7)42-36(40-34)32(25-39-42)31-13-14-33(38-24-31)29-11-9-8-10-12-29;1-33-26(18-32)10-8-21(9-11-26)23-16-24(31-25(29-23)22(27)17-28-31)30(19-34-12-14-36(2,3)4)20-35-13-15-37(5,6)7/h8-14,23-25,30,43H,15-22,26-28H2,1-7H3;16-17,21,32H,8-15,18-20H2,1-7H3. The van der Waals surface area contributed by atoms with Gasteiger partial charge in [-0.05, 0) is 104 Å². The first-order chi connectivity index (χ1) is 40.3. The van der Waals surface area contributed by atoms with E-state index in [1.165, 1.54) is 0 Å². The number of benzene rings is 1. The Hall–Kier alpha value is -3.51. The Balaban J connectivity index is 0.000000252. The summed E-state index contributed by atoms with van der Waals surface area (Å²) in [5.74, 6) is 2.40. The third kappa shape index (κ3) is 20.2. The first kappa shape index (κ1) is 69.0. The van der Waals surface area contributed by atoms with Crippen LogP contribution in [0.25, 0.3) is 33.7 Å². The zero-order chi connectivity index (χ0) is 61.6. The molecule has 470 valence electrons. The first-order valence-electron chi connectivity index (χ1n) is 30.8. The molecule has 2 N–H and O–H groups in total. The van der Waals surface area contributed by atoms with Crippen LogP contribution in [0.15, 0.2) is 73.2 Å². The maximum atomic E-state index is 10.1. The summed E-state index contributed by atoms with van der Waals surface area (Å²) < 4.78 is 41.4. The lowest BCUT2D eigenvalue weighted by molar-refractivity contribution is -0.0785. The van der Waals surface area contributed by atoms with Crippen molar-refractivity contribution in [1.82, 2.24) is 34.2 Å². The molecule has 17 nitrogen and oxygen atoms in total. The van der Waals surface area contributed by atoms with Crippen LogP contribution in [0.2, 0.25) is 103 Å². The molecule has 2 aliphatic rings. The number of nitrogens with zero attached hydrogens (tertiary/aromatic N) is 9. The monoisotopic (exact) mass is 1350 g/mol. The van der Waals surface area contributed by atoms with Crippen molar-refractivity contribution < 1.29 is 38.6 Å². The molecule has 0 radical (unpaired) electrons. The lowest BCUT2D eigenvalue weighted by Gasteiger charge is -2.37. The van der Waals surface area contributed by atoms with E-state index in [-0.39, 0.29) is 19.1 Å². The summed E-state index contributed by atoms with van der Waals surface area (Å²) in [4.78, 5) is 19.5. The van der Waals surface area contributed by atoms with E-state index >= 15 is 0 Å². The van der Waals surface area contributed by atoms with Crippen molar-refractivity contribution in [2.45, 2.75) is 177 Å². The van der Waals surface area contributed by atoms with Crippen LogP contribution in [0.4, 0.5) is 11.6 Å². The smallest absolute Gasteiger partial charge is 0.171 e. The molecule has 0 aliphatic heterocycles. The van der Waals surface area contributed by atoms with Crippen molar-refractivity contribution >= 4 is 77.8 Å². The zero-order valence-electron chi connectivity index (χ0n) is 53.9. The van der Waals surface area contributed by atoms with E-state index in [2.05, 4.69) is 152 Å².